The molecule has 6 nitrogen and oxygen atoms in total. The molecular weight excluding hydrogens is 272 g/mol. The van der Waals surface area contributed by atoms with Crippen LogP contribution < -0.4 is 10.6 Å². The summed E-state index contributed by atoms with van der Waals surface area (Å²) in [5.41, 5.74) is 2.10. The SMILES string of the molecule is CCn1cc(CNC(=S)NCc2ccn(CC)n2)cn1. The van der Waals surface area contributed by atoms with Gasteiger partial charge in [-0.05, 0) is 32.1 Å². The lowest BCUT2D eigenvalue weighted by Gasteiger charge is -2.08. The highest BCUT2D eigenvalue weighted by molar-refractivity contribution is 7.80. The molecule has 0 spiro atoms. The topological polar surface area (TPSA) is 59.7 Å². The van der Waals surface area contributed by atoms with Crippen LogP contribution in [0.1, 0.15) is 25.1 Å². The lowest BCUT2D eigenvalue weighted by molar-refractivity contribution is 0.642. The Morgan fingerprint density at radius 3 is 2.60 bits per heavy atom. The summed E-state index contributed by atoms with van der Waals surface area (Å²) in [5.74, 6) is 0. The molecule has 20 heavy (non-hydrogen) atoms. The maximum Gasteiger partial charge on any atom is 0.166 e. The van der Waals surface area contributed by atoms with E-state index in [0.717, 1.165) is 24.3 Å². The van der Waals surface area contributed by atoms with Crippen LogP contribution in [0, 0.1) is 0 Å². The molecule has 0 bridgehead atoms. The Balaban J connectivity index is 1.72. The van der Waals surface area contributed by atoms with Crippen molar-refractivity contribution < 1.29 is 0 Å². The van der Waals surface area contributed by atoms with Crippen LogP contribution in [0.15, 0.2) is 24.7 Å². The number of thiocarbonyl (C=S) groups is 1. The van der Waals surface area contributed by atoms with Gasteiger partial charge in [0.15, 0.2) is 5.11 Å². The molecular formula is C13H20N6S. The van der Waals surface area contributed by atoms with Gasteiger partial charge in [0.2, 0.25) is 0 Å². The highest BCUT2D eigenvalue weighted by atomic mass is 32.1. The van der Waals surface area contributed by atoms with E-state index in [2.05, 4.69) is 34.7 Å². The van der Waals surface area contributed by atoms with Gasteiger partial charge < -0.3 is 10.6 Å². The highest BCUT2D eigenvalue weighted by Gasteiger charge is 2.01. The fraction of sp³-hybridized carbons (Fsp3) is 0.462. The second kappa shape index (κ2) is 7.04. The average Bonchev–Trinajstić information content (AvgIpc) is 3.11. The minimum absolute atomic E-state index is 0.625. The van der Waals surface area contributed by atoms with E-state index in [0.29, 0.717) is 18.2 Å². The molecule has 0 fully saturated rings. The Morgan fingerprint density at radius 2 is 1.95 bits per heavy atom. The van der Waals surface area contributed by atoms with Gasteiger partial charge in [-0.2, -0.15) is 10.2 Å². The predicted molar refractivity (Wildman–Crippen MR) is 82.1 cm³/mol. The minimum Gasteiger partial charge on any atom is -0.359 e. The van der Waals surface area contributed by atoms with E-state index >= 15 is 0 Å². The zero-order chi connectivity index (χ0) is 14.4. The molecule has 0 saturated heterocycles. The van der Waals surface area contributed by atoms with E-state index in [1.165, 1.54) is 0 Å². The summed E-state index contributed by atoms with van der Waals surface area (Å²) in [5, 5.41) is 15.5. The predicted octanol–water partition coefficient (Wildman–Crippen LogP) is 1.28. The van der Waals surface area contributed by atoms with Gasteiger partial charge in [0.25, 0.3) is 0 Å². The number of nitrogens with zero attached hydrogens (tertiary/aromatic N) is 4. The van der Waals surface area contributed by atoms with Gasteiger partial charge in [0.1, 0.15) is 0 Å². The fourth-order valence-electron chi connectivity index (χ4n) is 1.76. The molecule has 2 heterocycles. The van der Waals surface area contributed by atoms with Gasteiger partial charge in [-0.15, -0.1) is 0 Å². The number of hydrogen-bond donors (Lipinski definition) is 2. The number of aromatic nitrogens is 4. The molecule has 0 amide bonds. The third-order valence-corrected chi connectivity index (χ3v) is 3.20. The molecule has 2 aromatic rings. The third-order valence-electron chi connectivity index (χ3n) is 2.91. The van der Waals surface area contributed by atoms with E-state index in [-0.39, 0.29) is 0 Å². The summed E-state index contributed by atoms with van der Waals surface area (Å²) in [6, 6.07) is 1.99. The van der Waals surface area contributed by atoms with Gasteiger partial charge in [0.05, 0.1) is 18.4 Å². The van der Waals surface area contributed by atoms with Gasteiger partial charge >= 0.3 is 0 Å². The molecule has 0 aliphatic carbocycles. The van der Waals surface area contributed by atoms with Gasteiger partial charge in [0, 0.05) is 37.6 Å². The van der Waals surface area contributed by atoms with Crippen LogP contribution in [0.2, 0.25) is 0 Å². The Bertz CT molecular complexity index is 510. The van der Waals surface area contributed by atoms with Crippen LogP contribution in [0.3, 0.4) is 0 Å². The van der Waals surface area contributed by atoms with Gasteiger partial charge in [-0.25, -0.2) is 0 Å². The Labute approximate surface area is 124 Å². The largest absolute Gasteiger partial charge is 0.359 e. The van der Waals surface area contributed by atoms with Crippen LogP contribution in [0.5, 0.6) is 0 Å². The van der Waals surface area contributed by atoms with Crippen LogP contribution in [-0.4, -0.2) is 24.7 Å². The second-order valence-corrected chi connectivity index (χ2v) is 4.81. The summed E-state index contributed by atoms with van der Waals surface area (Å²) in [7, 11) is 0. The standard InChI is InChI=1S/C13H20N6S/c1-3-18-6-5-12(17-18)9-15-13(20)14-7-11-8-16-19(4-2)10-11/h5-6,8,10H,3-4,7,9H2,1-2H3,(H2,14,15,20). The van der Waals surface area contributed by atoms with E-state index < -0.39 is 0 Å². The lowest BCUT2D eigenvalue weighted by Crippen LogP contribution is -2.34. The first-order chi connectivity index (χ1) is 9.71. The molecule has 0 saturated carbocycles. The van der Waals surface area contributed by atoms with Crippen molar-refractivity contribution in [1.82, 2.24) is 30.2 Å². The van der Waals surface area contributed by atoms with E-state index in [4.69, 9.17) is 12.2 Å². The van der Waals surface area contributed by atoms with Gasteiger partial charge in [-0.1, -0.05) is 0 Å². The molecule has 0 atom stereocenters. The maximum absolute atomic E-state index is 5.24. The number of rotatable bonds is 6. The molecule has 0 aliphatic rings. The Hall–Kier alpha value is -1.89. The van der Waals surface area contributed by atoms with Gasteiger partial charge in [-0.3, -0.25) is 9.36 Å². The Kier molecular flexibility index (Phi) is 5.11. The summed E-state index contributed by atoms with van der Waals surface area (Å²) in [6.07, 6.45) is 5.83. The summed E-state index contributed by atoms with van der Waals surface area (Å²) < 4.78 is 3.79. The molecule has 108 valence electrons. The van der Waals surface area contributed by atoms with Crippen molar-refractivity contribution in [2.45, 2.75) is 40.0 Å². The quantitative estimate of drug-likeness (QED) is 0.786. The van der Waals surface area contributed by atoms with Crippen molar-refractivity contribution in [2.24, 2.45) is 0 Å². The number of hydrogen-bond acceptors (Lipinski definition) is 3. The first-order valence-electron chi connectivity index (χ1n) is 6.76. The molecule has 0 aromatic carbocycles. The van der Waals surface area contributed by atoms with Crippen molar-refractivity contribution in [1.29, 1.82) is 0 Å². The lowest BCUT2D eigenvalue weighted by atomic mass is 10.4. The molecule has 2 rings (SSSR count). The summed E-state index contributed by atoms with van der Waals surface area (Å²) >= 11 is 5.24. The van der Waals surface area contributed by atoms with E-state index in [1.54, 1.807) is 0 Å². The normalized spacial score (nSPS) is 10.5. The molecule has 0 radical (unpaired) electrons. The van der Waals surface area contributed by atoms with Crippen molar-refractivity contribution >= 4 is 17.3 Å². The van der Waals surface area contributed by atoms with Crippen LogP contribution >= 0.6 is 12.2 Å². The molecule has 0 unspecified atom stereocenters. The second-order valence-electron chi connectivity index (χ2n) is 4.40. The van der Waals surface area contributed by atoms with Crippen molar-refractivity contribution in [3.8, 4) is 0 Å². The van der Waals surface area contributed by atoms with Crippen LogP contribution in [0.4, 0.5) is 0 Å². The highest BCUT2D eigenvalue weighted by Crippen LogP contribution is 1.97. The first kappa shape index (κ1) is 14.5. The third kappa shape index (κ3) is 4.06. The fourth-order valence-corrected chi connectivity index (χ4v) is 1.90. The smallest absolute Gasteiger partial charge is 0.166 e. The Morgan fingerprint density at radius 1 is 1.20 bits per heavy atom. The van der Waals surface area contributed by atoms with E-state index in [9.17, 15) is 0 Å². The minimum atomic E-state index is 0.625. The molecule has 2 aromatic heterocycles. The van der Waals surface area contributed by atoms with Crippen LogP contribution in [-0.2, 0) is 26.2 Å². The monoisotopic (exact) mass is 292 g/mol. The van der Waals surface area contributed by atoms with Crippen molar-refractivity contribution in [3.63, 3.8) is 0 Å². The first-order valence-corrected chi connectivity index (χ1v) is 7.17. The number of aryl methyl sites for hydroxylation is 2. The molecule has 2 N–H and O–H groups in total. The summed E-state index contributed by atoms with van der Waals surface area (Å²) in [4.78, 5) is 0. The van der Waals surface area contributed by atoms with Crippen LogP contribution in [0.25, 0.3) is 0 Å². The molecule has 7 heteroatoms. The zero-order valence-corrected chi connectivity index (χ0v) is 12.7. The number of nitrogens with one attached hydrogen (secondary N) is 2. The average molecular weight is 292 g/mol. The zero-order valence-electron chi connectivity index (χ0n) is 11.8. The summed E-state index contributed by atoms with van der Waals surface area (Å²) in [6.45, 7) is 7.19. The van der Waals surface area contributed by atoms with E-state index in [1.807, 2.05) is 34.0 Å². The maximum atomic E-state index is 5.24. The molecule has 0 aliphatic heterocycles. The van der Waals surface area contributed by atoms with Crippen molar-refractivity contribution in [3.05, 3.63) is 35.9 Å². The van der Waals surface area contributed by atoms with Crippen molar-refractivity contribution in [2.75, 3.05) is 0 Å².